The molecule has 0 aliphatic carbocycles. The van der Waals surface area contributed by atoms with Crippen LogP contribution in [-0.4, -0.2) is 47.5 Å². The van der Waals surface area contributed by atoms with E-state index in [0.29, 0.717) is 19.5 Å². The molecule has 0 spiro atoms. The van der Waals surface area contributed by atoms with E-state index in [9.17, 15) is 14.4 Å². The minimum absolute atomic E-state index is 0.153. The third kappa shape index (κ3) is 13.9. The number of aryl methyl sites for hydroxylation is 1. The second-order valence-electron chi connectivity index (χ2n) is 12.1. The lowest BCUT2D eigenvalue weighted by Gasteiger charge is -2.35. The molecule has 1 aromatic carbocycles. The van der Waals surface area contributed by atoms with Crippen molar-refractivity contribution in [1.82, 2.24) is 15.5 Å². The molecular formula is C32H55N3O4. The summed E-state index contributed by atoms with van der Waals surface area (Å²) in [4.78, 5) is 42.4. The first kappa shape index (κ1) is 34.5. The second kappa shape index (κ2) is 17.9. The first-order valence-corrected chi connectivity index (χ1v) is 15.0. The zero-order chi connectivity index (χ0) is 29.4. The van der Waals surface area contributed by atoms with Crippen molar-refractivity contribution in [2.75, 3.05) is 13.1 Å². The Kier molecular flexibility index (Phi) is 15.8. The van der Waals surface area contributed by atoms with E-state index in [1.54, 1.807) is 25.7 Å². The number of unbranched alkanes of at least 4 members (excludes halogenated alkanes) is 6. The molecule has 0 fully saturated rings. The van der Waals surface area contributed by atoms with Gasteiger partial charge in [-0.15, -0.1) is 0 Å². The van der Waals surface area contributed by atoms with Crippen LogP contribution in [0.2, 0.25) is 0 Å². The molecule has 1 aromatic rings. The highest BCUT2D eigenvalue weighted by Crippen LogP contribution is 2.26. The van der Waals surface area contributed by atoms with Crippen molar-refractivity contribution < 1.29 is 19.1 Å². The van der Waals surface area contributed by atoms with Crippen LogP contribution in [0.15, 0.2) is 24.3 Å². The Morgan fingerprint density at radius 3 is 2.18 bits per heavy atom. The van der Waals surface area contributed by atoms with E-state index in [1.807, 2.05) is 45.0 Å². The van der Waals surface area contributed by atoms with E-state index in [0.717, 1.165) is 43.2 Å². The Labute approximate surface area is 237 Å². The van der Waals surface area contributed by atoms with Gasteiger partial charge in [-0.1, -0.05) is 96.0 Å². The Bertz CT molecular complexity index is 878. The molecule has 2 unspecified atom stereocenters. The number of carbonyl (C=O) groups excluding carboxylic acids is 3. The van der Waals surface area contributed by atoms with Crippen LogP contribution in [0.5, 0.6) is 0 Å². The number of alkyl carbamates (subject to hydrolysis) is 1. The lowest BCUT2D eigenvalue weighted by atomic mass is 9.97. The fraction of sp³-hybridized carbons (Fsp3) is 0.719. The molecule has 0 aliphatic rings. The molecule has 2 N–H and O–H groups in total. The van der Waals surface area contributed by atoms with Gasteiger partial charge in [0.05, 0.1) is 0 Å². The normalized spacial score (nSPS) is 13.1. The Morgan fingerprint density at radius 1 is 0.949 bits per heavy atom. The van der Waals surface area contributed by atoms with Crippen LogP contribution < -0.4 is 10.6 Å². The standard InChI is InChI=1S/C32H55N3O4/c1-9-11-13-14-15-16-21-35(30(37)27(22-24(3)4)34-31(38)39-32(6,7)8)28(29(36)33-20-12-10-2)26-19-17-18-25(5)23-26/h17-19,23-24,27-28H,9-16,20-22H2,1-8H3,(H,33,36)(H,34,38). The fourth-order valence-electron chi connectivity index (χ4n) is 4.57. The number of amides is 3. The third-order valence-electron chi connectivity index (χ3n) is 6.48. The van der Waals surface area contributed by atoms with E-state index < -0.39 is 23.8 Å². The molecule has 0 bridgehead atoms. The summed E-state index contributed by atoms with van der Waals surface area (Å²) >= 11 is 0. The molecular weight excluding hydrogens is 490 g/mol. The quantitative estimate of drug-likeness (QED) is 0.205. The van der Waals surface area contributed by atoms with Gasteiger partial charge < -0.3 is 20.3 Å². The number of nitrogens with zero attached hydrogens (tertiary/aromatic N) is 1. The van der Waals surface area contributed by atoms with Gasteiger partial charge in [0.1, 0.15) is 17.7 Å². The smallest absolute Gasteiger partial charge is 0.408 e. The molecule has 7 heteroatoms. The lowest BCUT2D eigenvalue weighted by Crippen LogP contribution is -2.53. The van der Waals surface area contributed by atoms with E-state index in [1.165, 1.54) is 19.3 Å². The zero-order valence-electron chi connectivity index (χ0n) is 25.9. The van der Waals surface area contributed by atoms with Crippen LogP contribution in [0, 0.1) is 12.8 Å². The molecule has 0 radical (unpaired) electrons. The lowest BCUT2D eigenvalue weighted by molar-refractivity contribution is -0.143. The highest BCUT2D eigenvalue weighted by molar-refractivity contribution is 5.92. The van der Waals surface area contributed by atoms with Gasteiger partial charge >= 0.3 is 6.09 Å². The summed E-state index contributed by atoms with van der Waals surface area (Å²) in [5.74, 6) is -0.283. The van der Waals surface area contributed by atoms with Gasteiger partial charge in [0.25, 0.3) is 0 Å². The number of carbonyl (C=O) groups is 3. The average Bonchev–Trinajstić information content (AvgIpc) is 2.83. The van der Waals surface area contributed by atoms with Crippen LogP contribution in [0.1, 0.15) is 123 Å². The molecule has 2 atom stereocenters. The van der Waals surface area contributed by atoms with Crippen molar-refractivity contribution in [2.24, 2.45) is 5.92 Å². The van der Waals surface area contributed by atoms with Crippen molar-refractivity contribution in [2.45, 2.75) is 131 Å². The highest BCUT2D eigenvalue weighted by Gasteiger charge is 2.36. The van der Waals surface area contributed by atoms with E-state index >= 15 is 0 Å². The Hall–Kier alpha value is -2.57. The highest BCUT2D eigenvalue weighted by atomic mass is 16.6. The number of hydrogen-bond acceptors (Lipinski definition) is 4. The van der Waals surface area contributed by atoms with Crippen LogP contribution in [0.25, 0.3) is 0 Å². The molecule has 0 heterocycles. The van der Waals surface area contributed by atoms with Crippen LogP contribution in [0.4, 0.5) is 4.79 Å². The van der Waals surface area contributed by atoms with Gasteiger partial charge in [0.15, 0.2) is 0 Å². The first-order valence-electron chi connectivity index (χ1n) is 15.0. The largest absolute Gasteiger partial charge is 0.444 e. The van der Waals surface area contributed by atoms with Gasteiger partial charge in [-0.25, -0.2) is 4.79 Å². The van der Waals surface area contributed by atoms with Gasteiger partial charge in [-0.3, -0.25) is 9.59 Å². The van der Waals surface area contributed by atoms with Crippen molar-refractivity contribution >= 4 is 17.9 Å². The minimum atomic E-state index is -0.796. The predicted octanol–water partition coefficient (Wildman–Crippen LogP) is 7.08. The number of hydrogen-bond donors (Lipinski definition) is 2. The van der Waals surface area contributed by atoms with Crippen LogP contribution in [-0.2, 0) is 14.3 Å². The Morgan fingerprint density at radius 2 is 1.59 bits per heavy atom. The molecule has 0 saturated heterocycles. The Balaban J connectivity index is 3.40. The molecule has 7 nitrogen and oxygen atoms in total. The zero-order valence-corrected chi connectivity index (χ0v) is 25.9. The van der Waals surface area contributed by atoms with Gasteiger partial charge in [0, 0.05) is 13.1 Å². The summed E-state index contributed by atoms with van der Waals surface area (Å²) in [5.41, 5.74) is 1.12. The summed E-state index contributed by atoms with van der Waals surface area (Å²) in [7, 11) is 0. The van der Waals surface area contributed by atoms with Gasteiger partial charge in [-0.2, -0.15) is 0 Å². The van der Waals surface area contributed by atoms with Gasteiger partial charge in [0.2, 0.25) is 11.8 Å². The first-order chi connectivity index (χ1) is 18.4. The van der Waals surface area contributed by atoms with Crippen molar-refractivity contribution in [3.8, 4) is 0 Å². The maximum Gasteiger partial charge on any atom is 0.408 e. The van der Waals surface area contributed by atoms with E-state index in [2.05, 4.69) is 24.5 Å². The maximum atomic E-state index is 14.3. The molecule has 0 saturated carbocycles. The third-order valence-corrected chi connectivity index (χ3v) is 6.48. The van der Waals surface area contributed by atoms with Gasteiger partial charge in [-0.05, 0) is 58.4 Å². The monoisotopic (exact) mass is 545 g/mol. The number of nitrogens with one attached hydrogen (secondary N) is 2. The predicted molar refractivity (Wildman–Crippen MR) is 160 cm³/mol. The molecule has 222 valence electrons. The average molecular weight is 546 g/mol. The molecule has 39 heavy (non-hydrogen) atoms. The summed E-state index contributed by atoms with van der Waals surface area (Å²) in [5, 5.41) is 5.89. The summed E-state index contributed by atoms with van der Waals surface area (Å²) in [6, 6.07) is 6.23. The van der Waals surface area contributed by atoms with E-state index in [-0.39, 0.29) is 17.7 Å². The van der Waals surface area contributed by atoms with Crippen molar-refractivity contribution in [1.29, 1.82) is 0 Å². The molecule has 3 amide bonds. The summed E-state index contributed by atoms with van der Waals surface area (Å²) in [6.45, 7) is 16.7. The molecule has 1 rings (SSSR count). The fourth-order valence-corrected chi connectivity index (χ4v) is 4.57. The maximum absolute atomic E-state index is 14.3. The molecule has 0 aliphatic heterocycles. The number of ether oxygens (including phenoxy) is 1. The summed E-state index contributed by atoms with van der Waals surface area (Å²) in [6.07, 6.45) is 8.06. The van der Waals surface area contributed by atoms with E-state index in [4.69, 9.17) is 4.74 Å². The number of benzene rings is 1. The minimum Gasteiger partial charge on any atom is -0.444 e. The van der Waals surface area contributed by atoms with Crippen molar-refractivity contribution in [3.63, 3.8) is 0 Å². The topological polar surface area (TPSA) is 87.7 Å². The van der Waals surface area contributed by atoms with Crippen LogP contribution >= 0.6 is 0 Å². The second-order valence-corrected chi connectivity index (χ2v) is 12.1. The number of rotatable bonds is 17. The van der Waals surface area contributed by atoms with Crippen LogP contribution in [0.3, 0.4) is 0 Å². The van der Waals surface area contributed by atoms with Crippen molar-refractivity contribution in [3.05, 3.63) is 35.4 Å². The summed E-state index contributed by atoms with van der Waals surface area (Å²) < 4.78 is 5.49. The molecule has 0 aromatic heterocycles. The SMILES string of the molecule is CCCCCCCCN(C(=O)C(CC(C)C)NC(=O)OC(C)(C)C)C(C(=O)NCCCC)c1cccc(C)c1.